The molecule has 0 aliphatic heterocycles. The van der Waals surface area contributed by atoms with E-state index in [9.17, 15) is 19.2 Å². The average molecular weight is 439 g/mol. The molecule has 0 heterocycles. The fourth-order valence-electron chi connectivity index (χ4n) is 3.06. The van der Waals surface area contributed by atoms with Gasteiger partial charge in [-0.3, -0.25) is 9.59 Å². The molecule has 0 rings (SSSR count). The molecule has 0 saturated carbocycles. The predicted octanol–water partition coefficient (Wildman–Crippen LogP) is 3.95. The molecule has 31 heavy (non-hydrogen) atoms. The highest BCUT2D eigenvalue weighted by atomic mass is 16.6. The number of carbonyl (C=O) groups excluding carboxylic acids is 4. The second-order valence-corrected chi connectivity index (χ2v) is 8.93. The lowest BCUT2D eigenvalue weighted by atomic mass is 9.82. The molecule has 0 aromatic carbocycles. The van der Waals surface area contributed by atoms with E-state index in [1.807, 2.05) is 20.8 Å². The predicted molar refractivity (Wildman–Crippen MR) is 120 cm³/mol. The standard InChI is InChI=1S/C23H38N2O6/c1-14(2)19(26)17(6)30-21(28)24-11-10-16(5)12-23(8,9)13-25-22(29)31-18(7)20(27)15(3)4/h16-18H,1,3,10-13H2,2,4-9H3,(H,24,28)(H,25,29). The third-order valence-corrected chi connectivity index (χ3v) is 4.67. The normalized spacial score (nSPS) is 13.9. The van der Waals surface area contributed by atoms with Crippen LogP contribution in [0.25, 0.3) is 0 Å². The number of hydrogen-bond acceptors (Lipinski definition) is 6. The first-order valence-electron chi connectivity index (χ1n) is 10.4. The van der Waals surface area contributed by atoms with Crippen molar-refractivity contribution in [2.45, 2.75) is 73.5 Å². The number of Topliss-reactive ketones (excluding diaryl/α,β-unsaturated/α-hetero) is 2. The summed E-state index contributed by atoms with van der Waals surface area (Å²) in [5.41, 5.74) is 0.456. The molecular formula is C23H38N2O6. The third-order valence-electron chi connectivity index (χ3n) is 4.67. The van der Waals surface area contributed by atoms with Crippen molar-refractivity contribution in [2.24, 2.45) is 11.3 Å². The van der Waals surface area contributed by atoms with E-state index in [2.05, 4.69) is 23.8 Å². The number of amides is 2. The number of carbonyl (C=O) groups is 4. The zero-order valence-corrected chi connectivity index (χ0v) is 19.9. The highest BCUT2D eigenvalue weighted by Gasteiger charge is 2.24. The van der Waals surface area contributed by atoms with Crippen LogP contribution in [0.1, 0.15) is 61.3 Å². The Balaban J connectivity index is 4.29. The summed E-state index contributed by atoms with van der Waals surface area (Å²) in [6, 6.07) is 0. The number of ether oxygens (including phenoxy) is 2. The maximum absolute atomic E-state index is 11.9. The Labute approximate surface area is 185 Å². The first-order valence-corrected chi connectivity index (χ1v) is 10.4. The van der Waals surface area contributed by atoms with Gasteiger partial charge in [0.1, 0.15) is 0 Å². The molecule has 0 saturated heterocycles. The van der Waals surface area contributed by atoms with Crippen molar-refractivity contribution < 1.29 is 28.7 Å². The zero-order valence-electron chi connectivity index (χ0n) is 19.9. The van der Waals surface area contributed by atoms with Crippen LogP contribution in [0, 0.1) is 11.3 Å². The molecule has 0 aliphatic rings. The molecule has 0 bridgehead atoms. The van der Waals surface area contributed by atoms with Crippen molar-refractivity contribution in [3.05, 3.63) is 24.3 Å². The van der Waals surface area contributed by atoms with Gasteiger partial charge >= 0.3 is 12.2 Å². The van der Waals surface area contributed by atoms with E-state index in [4.69, 9.17) is 9.47 Å². The quantitative estimate of drug-likeness (QED) is 0.421. The van der Waals surface area contributed by atoms with Gasteiger partial charge in [-0.1, -0.05) is 33.9 Å². The molecule has 0 aromatic heterocycles. The SMILES string of the molecule is C=C(C)C(=O)C(C)OC(=O)NCCC(C)CC(C)(C)CNC(=O)OC(C)C(=O)C(=C)C. The van der Waals surface area contributed by atoms with Crippen LogP contribution >= 0.6 is 0 Å². The Morgan fingerprint density at radius 1 is 0.839 bits per heavy atom. The first kappa shape index (κ1) is 28.4. The Bertz CT molecular complexity index is 698. The minimum absolute atomic E-state index is 0.219. The van der Waals surface area contributed by atoms with Crippen LogP contribution in [-0.4, -0.2) is 49.1 Å². The van der Waals surface area contributed by atoms with Gasteiger partial charge in [-0.15, -0.1) is 0 Å². The van der Waals surface area contributed by atoms with E-state index in [-0.39, 0.29) is 22.9 Å². The Morgan fingerprint density at radius 3 is 1.68 bits per heavy atom. The van der Waals surface area contributed by atoms with Gasteiger partial charge in [-0.05, 0) is 63.0 Å². The van der Waals surface area contributed by atoms with Crippen molar-refractivity contribution in [3.8, 4) is 0 Å². The van der Waals surface area contributed by atoms with Crippen molar-refractivity contribution in [2.75, 3.05) is 13.1 Å². The summed E-state index contributed by atoms with van der Waals surface area (Å²) in [4.78, 5) is 47.1. The molecule has 0 aliphatic carbocycles. The summed E-state index contributed by atoms with van der Waals surface area (Å²) in [6.45, 7) is 20.1. The molecule has 0 aromatic rings. The summed E-state index contributed by atoms with van der Waals surface area (Å²) in [5, 5.41) is 5.34. The van der Waals surface area contributed by atoms with Crippen LogP contribution in [0.3, 0.4) is 0 Å². The van der Waals surface area contributed by atoms with Gasteiger partial charge in [0.25, 0.3) is 0 Å². The molecule has 8 nitrogen and oxygen atoms in total. The van der Waals surface area contributed by atoms with Crippen molar-refractivity contribution in [1.29, 1.82) is 0 Å². The van der Waals surface area contributed by atoms with Crippen LogP contribution in [0.4, 0.5) is 9.59 Å². The largest absolute Gasteiger partial charge is 0.438 e. The highest BCUT2D eigenvalue weighted by molar-refractivity contribution is 5.98. The fourth-order valence-corrected chi connectivity index (χ4v) is 3.06. The molecule has 2 amide bonds. The van der Waals surface area contributed by atoms with Gasteiger partial charge < -0.3 is 20.1 Å². The van der Waals surface area contributed by atoms with Gasteiger partial charge in [0.15, 0.2) is 23.8 Å². The average Bonchev–Trinajstić information content (AvgIpc) is 2.64. The lowest BCUT2D eigenvalue weighted by molar-refractivity contribution is -0.123. The van der Waals surface area contributed by atoms with Crippen LogP contribution in [0.15, 0.2) is 24.3 Å². The van der Waals surface area contributed by atoms with Gasteiger partial charge in [0.2, 0.25) is 0 Å². The number of nitrogens with one attached hydrogen (secondary N) is 2. The molecular weight excluding hydrogens is 400 g/mol. The first-order chi connectivity index (χ1) is 14.2. The van der Waals surface area contributed by atoms with E-state index in [1.54, 1.807) is 13.8 Å². The van der Waals surface area contributed by atoms with Gasteiger partial charge in [0, 0.05) is 13.1 Å². The van der Waals surface area contributed by atoms with E-state index in [0.717, 1.165) is 6.42 Å². The van der Waals surface area contributed by atoms with Gasteiger partial charge in [0.05, 0.1) is 0 Å². The summed E-state index contributed by atoms with van der Waals surface area (Å²) in [7, 11) is 0. The summed E-state index contributed by atoms with van der Waals surface area (Å²) in [5.74, 6) is -0.367. The van der Waals surface area contributed by atoms with E-state index >= 15 is 0 Å². The number of ketones is 2. The third kappa shape index (κ3) is 12.0. The number of hydrogen-bond donors (Lipinski definition) is 2. The summed E-state index contributed by atoms with van der Waals surface area (Å²) < 4.78 is 10.1. The maximum Gasteiger partial charge on any atom is 0.407 e. The lowest BCUT2D eigenvalue weighted by Crippen LogP contribution is -2.38. The van der Waals surface area contributed by atoms with E-state index in [1.165, 1.54) is 13.8 Å². The maximum atomic E-state index is 11.9. The second kappa shape index (κ2) is 12.9. The van der Waals surface area contributed by atoms with Crippen molar-refractivity contribution in [3.63, 3.8) is 0 Å². The monoisotopic (exact) mass is 438 g/mol. The number of rotatable bonds is 13. The molecule has 8 heteroatoms. The van der Waals surface area contributed by atoms with Crippen LogP contribution in [-0.2, 0) is 19.1 Å². The Hall–Kier alpha value is -2.64. The molecule has 2 N–H and O–H groups in total. The topological polar surface area (TPSA) is 111 Å². The van der Waals surface area contributed by atoms with Crippen LogP contribution < -0.4 is 10.6 Å². The summed E-state index contributed by atoms with van der Waals surface area (Å²) in [6.07, 6.45) is -1.54. The molecule has 0 radical (unpaired) electrons. The highest BCUT2D eigenvalue weighted by Crippen LogP contribution is 2.26. The molecule has 3 unspecified atom stereocenters. The Morgan fingerprint density at radius 2 is 1.26 bits per heavy atom. The number of alkyl carbamates (subject to hydrolysis) is 2. The minimum atomic E-state index is -0.876. The van der Waals surface area contributed by atoms with Crippen LogP contribution in [0.2, 0.25) is 0 Å². The minimum Gasteiger partial charge on any atom is -0.438 e. The van der Waals surface area contributed by atoms with Crippen LogP contribution in [0.5, 0.6) is 0 Å². The van der Waals surface area contributed by atoms with Crippen molar-refractivity contribution >= 4 is 23.8 Å². The lowest BCUT2D eigenvalue weighted by Gasteiger charge is -2.28. The van der Waals surface area contributed by atoms with Gasteiger partial charge in [-0.2, -0.15) is 0 Å². The molecule has 0 fully saturated rings. The smallest absolute Gasteiger partial charge is 0.407 e. The summed E-state index contributed by atoms with van der Waals surface area (Å²) >= 11 is 0. The second-order valence-electron chi connectivity index (χ2n) is 8.93. The van der Waals surface area contributed by atoms with E-state index < -0.39 is 24.4 Å². The zero-order chi connectivity index (χ0) is 24.4. The van der Waals surface area contributed by atoms with E-state index in [0.29, 0.717) is 30.7 Å². The van der Waals surface area contributed by atoms with Gasteiger partial charge in [-0.25, -0.2) is 9.59 Å². The molecule has 176 valence electrons. The van der Waals surface area contributed by atoms with Crippen molar-refractivity contribution in [1.82, 2.24) is 10.6 Å². The molecule has 3 atom stereocenters. The fraction of sp³-hybridized carbons (Fsp3) is 0.652. The Kier molecular flexibility index (Phi) is 11.8. The molecule has 0 spiro atoms.